The second-order valence-electron chi connectivity index (χ2n) is 5.92. The molecule has 0 bridgehead atoms. The lowest BCUT2D eigenvalue weighted by molar-refractivity contribution is 0.251. The zero-order valence-corrected chi connectivity index (χ0v) is 13.3. The number of hydrogen-bond donors (Lipinski definition) is 0. The summed E-state index contributed by atoms with van der Waals surface area (Å²) in [6.07, 6.45) is 5.79. The van der Waals surface area contributed by atoms with Crippen LogP contribution in [0.25, 0.3) is 5.65 Å². The molecule has 0 aliphatic carbocycles. The number of hydrogen-bond acceptors (Lipinski definition) is 6. The molecule has 1 atom stereocenters. The molecule has 1 fully saturated rings. The summed E-state index contributed by atoms with van der Waals surface area (Å²) in [5.41, 5.74) is 0.775. The minimum atomic E-state index is -0.364. The van der Waals surface area contributed by atoms with E-state index in [0.717, 1.165) is 43.0 Å². The summed E-state index contributed by atoms with van der Waals surface area (Å²) in [7, 11) is 0. The van der Waals surface area contributed by atoms with Crippen LogP contribution in [0.3, 0.4) is 0 Å². The highest BCUT2D eigenvalue weighted by atomic mass is 19.1. The zero-order valence-electron chi connectivity index (χ0n) is 13.3. The normalized spacial score (nSPS) is 17.6. The van der Waals surface area contributed by atoms with Gasteiger partial charge in [-0.2, -0.15) is 0 Å². The molecule has 1 aliphatic heterocycles. The summed E-state index contributed by atoms with van der Waals surface area (Å²) in [5, 5.41) is 8.33. The molecule has 1 aliphatic rings. The minimum absolute atomic E-state index is 0.364. The van der Waals surface area contributed by atoms with Crippen molar-refractivity contribution in [3.8, 4) is 5.88 Å². The number of ether oxygens (including phenoxy) is 1. The van der Waals surface area contributed by atoms with Crippen molar-refractivity contribution in [2.24, 2.45) is 5.92 Å². The fourth-order valence-electron chi connectivity index (χ4n) is 2.96. The van der Waals surface area contributed by atoms with Gasteiger partial charge < -0.3 is 9.64 Å². The maximum atomic E-state index is 12.9. The predicted octanol–water partition coefficient (Wildman–Crippen LogP) is 1.87. The van der Waals surface area contributed by atoms with Crippen LogP contribution in [-0.2, 0) is 0 Å². The van der Waals surface area contributed by atoms with Crippen LogP contribution in [0.5, 0.6) is 5.88 Å². The molecule has 0 spiro atoms. The van der Waals surface area contributed by atoms with Gasteiger partial charge in [0.05, 0.1) is 12.8 Å². The Labute approximate surface area is 138 Å². The maximum Gasteiger partial charge on any atom is 0.213 e. The highest BCUT2D eigenvalue weighted by Gasteiger charge is 2.26. The van der Waals surface area contributed by atoms with Gasteiger partial charge in [0.2, 0.25) is 11.5 Å². The van der Waals surface area contributed by atoms with E-state index in [0.29, 0.717) is 18.4 Å². The molecule has 124 valence electrons. The van der Waals surface area contributed by atoms with E-state index >= 15 is 0 Å². The van der Waals surface area contributed by atoms with E-state index in [1.807, 2.05) is 17.5 Å². The van der Waals surface area contributed by atoms with Crippen LogP contribution in [0.15, 0.2) is 30.7 Å². The Morgan fingerprint density at radius 2 is 2.21 bits per heavy atom. The van der Waals surface area contributed by atoms with Crippen LogP contribution in [-0.4, -0.2) is 44.3 Å². The van der Waals surface area contributed by atoms with E-state index in [2.05, 4.69) is 25.1 Å². The Kier molecular flexibility index (Phi) is 3.72. The van der Waals surface area contributed by atoms with Gasteiger partial charge in [0.1, 0.15) is 11.6 Å². The topological polar surface area (TPSA) is 68.4 Å². The standard InChI is InChI=1S/C16H17FN6O/c1-11-20-21-16-15(18-5-7-23(11)16)22-6-4-12(9-22)10-24-14-3-2-13(17)8-19-14/h2-3,5,7-8,12H,4,6,9-10H2,1H3. The number of aryl methyl sites for hydroxylation is 1. The molecule has 0 saturated carbocycles. The largest absolute Gasteiger partial charge is 0.477 e. The van der Waals surface area contributed by atoms with E-state index in [9.17, 15) is 4.39 Å². The summed E-state index contributed by atoms with van der Waals surface area (Å²) < 4.78 is 20.5. The molecule has 0 radical (unpaired) electrons. The second-order valence-corrected chi connectivity index (χ2v) is 5.92. The Bertz CT molecular complexity index is 849. The monoisotopic (exact) mass is 328 g/mol. The quantitative estimate of drug-likeness (QED) is 0.728. The minimum Gasteiger partial charge on any atom is -0.477 e. The number of rotatable bonds is 4. The molecule has 1 unspecified atom stereocenters. The highest BCUT2D eigenvalue weighted by molar-refractivity contribution is 5.64. The zero-order chi connectivity index (χ0) is 16.5. The van der Waals surface area contributed by atoms with E-state index in [-0.39, 0.29) is 5.82 Å². The molecule has 0 N–H and O–H groups in total. The van der Waals surface area contributed by atoms with Crippen molar-refractivity contribution in [3.63, 3.8) is 0 Å². The van der Waals surface area contributed by atoms with Crippen molar-refractivity contribution < 1.29 is 9.13 Å². The van der Waals surface area contributed by atoms with Crippen LogP contribution < -0.4 is 9.64 Å². The average Bonchev–Trinajstić information content (AvgIpc) is 3.22. The van der Waals surface area contributed by atoms with Crippen LogP contribution in [0.4, 0.5) is 10.2 Å². The number of nitrogens with zero attached hydrogens (tertiary/aromatic N) is 6. The summed E-state index contributed by atoms with van der Waals surface area (Å²) in [6, 6.07) is 2.89. The fourth-order valence-corrected chi connectivity index (χ4v) is 2.96. The number of halogens is 1. The van der Waals surface area contributed by atoms with E-state index in [1.54, 1.807) is 12.3 Å². The smallest absolute Gasteiger partial charge is 0.213 e. The van der Waals surface area contributed by atoms with Gasteiger partial charge in [0.25, 0.3) is 0 Å². The number of aromatic nitrogens is 5. The maximum absolute atomic E-state index is 12.9. The van der Waals surface area contributed by atoms with E-state index in [4.69, 9.17) is 4.74 Å². The van der Waals surface area contributed by atoms with Gasteiger partial charge in [-0.05, 0) is 19.4 Å². The molecular formula is C16H17FN6O. The van der Waals surface area contributed by atoms with Gasteiger partial charge >= 0.3 is 0 Å². The van der Waals surface area contributed by atoms with Crippen molar-refractivity contribution >= 4 is 11.5 Å². The molecular weight excluding hydrogens is 311 g/mol. The summed E-state index contributed by atoms with van der Waals surface area (Å²) >= 11 is 0. The predicted molar refractivity (Wildman–Crippen MR) is 85.5 cm³/mol. The molecule has 4 rings (SSSR count). The van der Waals surface area contributed by atoms with Crippen molar-refractivity contribution in [2.45, 2.75) is 13.3 Å². The molecule has 1 saturated heterocycles. The first kappa shape index (κ1) is 14.8. The number of fused-ring (bicyclic) bond motifs is 1. The van der Waals surface area contributed by atoms with Gasteiger partial charge in [0, 0.05) is 37.5 Å². The van der Waals surface area contributed by atoms with Gasteiger partial charge in [0.15, 0.2) is 5.82 Å². The van der Waals surface area contributed by atoms with E-state index < -0.39 is 0 Å². The molecule has 24 heavy (non-hydrogen) atoms. The SMILES string of the molecule is Cc1nnc2c(N3CCC(COc4ccc(F)cn4)C3)nccn12. The third-order valence-corrected chi connectivity index (χ3v) is 4.23. The van der Waals surface area contributed by atoms with Crippen molar-refractivity contribution in [1.82, 2.24) is 24.6 Å². The van der Waals surface area contributed by atoms with Crippen molar-refractivity contribution in [2.75, 3.05) is 24.6 Å². The summed E-state index contributed by atoms with van der Waals surface area (Å²) in [6.45, 7) is 4.19. The van der Waals surface area contributed by atoms with Crippen LogP contribution in [0, 0.1) is 18.7 Å². The van der Waals surface area contributed by atoms with Crippen LogP contribution >= 0.6 is 0 Å². The van der Waals surface area contributed by atoms with Crippen LogP contribution in [0.1, 0.15) is 12.2 Å². The van der Waals surface area contributed by atoms with Gasteiger partial charge in [-0.1, -0.05) is 0 Å². The lowest BCUT2D eigenvalue weighted by Crippen LogP contribution is -2.23. The number of pyridine rings is 1. The molecule has 0 aromatic carbocycles. The van der Waals surface area contributed by atoms with E-state index in [1.165, 1.54) is 6.07 Å². The Balaban J connectivity index is 1.43. The molecule has 4 heterocycles. The van der Waals surface area contributed by atoms with Gasteiger partial charge in [-0.3, -0.25) is 4.40 Å². The lowest BCUT2D eigenvalue weighted by atomic mass is 10.1. The third-order valence-electron chi connectivity index (χ3n) is 4.23. The first-order valence-electron chi connectivity index (χ1n) is 7.86. The first-order valence-corrected chi connectivity index (χ1v) is 7.86. The average molecular weight is 328 g/mol. The Hall–Kier alpha value is -2.77. The fraction of sp³-hybridized carbons (Fsp3) is 0.375. The molecule has 3 aromatic rings. The Morgan fingerprint density at radius 3 is 3.04 bits per heavy atom. The molecule has 3 aromatic heterocycles. The molecule has 8 heteroatoms. The Morgan fingerprint density at radius 1 is 1.29 bits per heavy atom. The second kappa shape index (κ2) is 6.03. The molecule has 0 amide bonds. The van der Waals surface area contributed by atoms with Gasteiger partial charge in [-0.25, -0.2) is 14.4 Å². The third kappa shape index (κ3) is 2.75. The first-order chi connectivity index (χ1) is 11.7. The summed E-state index contributed by atoms with van der Waals surface area (Å²) in [5.74, 6) is 2.14. The van der Waals surface area contributed by atoms with Crippen molar-refractivity contribution in [1.29, 1.82) is 0 Å². The number of anilines is 1. The lowest BCUT2D eigenvalue weighted by Gasteiger charge is -2.17. The van der Waals surface area contributed by atoms with Crippen molar-refractivity contribution in [3.05, 3.63) is 42.4 Å². The summed E-state index contributed by atoms with van der Waals surface area (Å²) in [4.78, 5) is 10.6. The van der Waals surface area contributed by atoms with Gasteiger partial charge in [-0.15, -0.1) is 10.2 Å². The van der Waals surface area contributed by atoms with Crippen LogP contribution in [0.2, 0.25) is 0 Å². The highest BCUT2D eigenvalue weighted by Crippen LogP contribution is 2.25. The molecule has 7 nitrogen and oxygen atoms in total.